The van der Waals surface area contributed by atoms with Crippen LogP contribution in [-0.2, 0) is 17.2 Å². The van der Waals surface area contributed by atoms with Crippen molar-refractivity contribution >= 4 is 34.1 Å². The van der Waals surface area contributed by atoms with Gasteiger partial charge in [0.05, 0.1) is 5.56 Å². The van der Waals surface area contributed by atoms with Gasteiger partial charge in [-0.25, -0.2) is 4.39 Å². The molecule has 8 aromatic rings. The zero-order valence-electron chi connectivity index (χ0n) is 45.7. The predicted molar refractivity (Wildman–Crippen MR) is 315 cm³/mol. The number of hydrogen-bond acceptors (Lipinski definition) is 3. The molecule has 0 spiro atoms. The number of piperidine rings is 1. The summed E-state index contributed by atoms with van der Waals surface area (Å²) >= 11 is 0. The van der Waals surface area contributed by atoms with Crippen molar-refractivity contribution in [2.75, 3.05) is 23.3 Å². The Bertz CT molecular complexity index is 3590. The SMILES string of the molecule is CCCCC[C@H]1CC[C@H](c2ccc(-c3ccc(C(=O)Nc4ccc(-c5cc6c7c(c8c(c6cc5C)OC(c5ccc(F)cc5)(c5ccc(N6CCCCC6)cc5)C=C8)C(C)(C)c5cc(C(F)(F)F)ccc5-7)cc4)cc3)cc2)CC1. The molecule has 8 aromatic carbocycles. The molecule has 0 aromatic heterocycles. The third kappa shape index (κ3) is 9.84. The van der Waals surface area contributed by atoms with Gasteiger partial charge in [0.1, 0.15) is 11.6 Å². The number of nitrogens with zero attached hydrogens (tertiary/aromatic N) is 1. The van der Waals surface area contributed by atoms with Crippen LogP contribution in [0.1, 0.15) is 152 Å². The molecule has 1 N–H and O–H groups in total. The quantitative estimate of drug-likeness (QED) is 0.0979. The number of fused-ring (bicyclic) bond motifs is 8. The summed E-state index contributed by atoms with van der Waals surface area (Å²) in [6, 6.07) is 47.9. The van der Waals surface area contributed by atoms with Gasteiger partial charge >= 0.3 is 6.18 Å². The Kier molecular flexibility index (Phi) is 13.9. The first-order chi connectivity index (χ1) is 38.2. The maximum absolute atomic E-state index is 14.7. The van der Waals surface area contributed by atoms with E-state index < -0.39 is 22.8 Å². The highest BCUT2D eigenvalue weighted by molar-refractivity contribution is 6.10. The van der Waals surface area contributed by atoms with Crippen LogP contribution < -0.4 is 15.0 Å². The molecule has 1 amide bonds. The lowest BCUT2D eigenvalue weighted by Crippen LogP contribution is -2.35. The monoisotopic (exact) mass is 1060 g/mol. The van der Waals surface area contributed by atoms with Crippen molar-refractivity contribution in [1.82, 2.24) is 0 Å². The highest BCUT2D eigenvalue weighted by Gasteiger charge is 2.46. The van der Waals surface area contributed by atoms with Crippen LogP contribution in [0.3, 0.4) is 0 Å². The Hall–Kier alpha value is -7.45. The zero-order valence-corrected chi connectivity index (χ0v) is 45.7. The minimum Gasteiger partial charge on any atom is -0.472 e. The van der Waals surface area contributed by atoms with Crippen molar-refractivity contribution in [3.63, 3.8) is 0 Å². The van der Waals surface area contributed by atoms with Crippen LogP contribution in [0.4, 0.5) is 28.9 Å². The number of benzene rings is 8. The van der Waals surface area contributed by atoms with E-state index in [0.29, 0.717) is 28.5 Å². The lowest BCUT2D eigenvalue weighted by molar-refractivity contribution is -0.137. The van der Waals surface area contributed by atoms with E-state index in [0.717, 1.165) is 110 Å². The van der Waals surface area contributed by atoms with Crippen LogP contribution in [0.5, 0.6) is 5.75 Å². The molecule has 1 saturated carbocycles. The molecule has 2 aliphatic heterocycles. The normalized spacial score (nSPS) is 19.4. The van der Waals surface area contributed by atoms with E-state index in [1.807, 2.05) is 68.5 Å². The minimum atomic E-state index is -4.53. The van der Waals surface area contributed by atoms with Gasteiger partial charge in [-0.05, 0) is 204 Å². The van der Waals surface area contributed by atoms with E-state index in [2.05, 4.69) is 90.8 Å². The van der Waals surface area contributed by atoms with Gasteiger partial charge in [-0.15, -0.1) is 0 Å². The summed E-state index contributed by atoms with van der Waals surface area (Å²) in [6.45, 7) is 10.3. The van der Waals surface area contributed by atoms with Gasteiger partial charge in [-0.2, -0.15) is 13.2 Å². The summed E-state index contributed by atoms with van der Waals surface area (Å²) in [5.74, 6) is 1.56. The third-order valence-corrected chi connectivity index (χ3v) is 18.0. The molecular formula is C71H68F4N2O2. The number of halogens is 4. The molecule has 0 radical (unpaired) electrons. The molecule has 12 rings (SSSR count). The van der Waals surface area contributed by atoms with Crippen LogP contribution in [0.2, 0.25) is 0 Å². The molecule has 4 nitrogen and oxygen atoms in total. The van der Waals surface area contributed by atoms with Crippen molar-refractivity contribution in [1.29, 1.82) is 0 Å². The predicted octanol–water partition coefficient (Wildman–Crippen LogP) is 19.4. The summed E-state index contributed by atoms with van der Waals surface area (Å²) in [7, 11) is 0. The fraction of sp³-hybridized carbons (Fsp3) is 0.310. The van der Waals surface area contributed by atoms with Crippen LogP contribution in [0.15, 0.2) is 158 Å². The number of unbranched alkanes of at least 4 members (excludes halogenated alkanes) is 2. The van der Waals surface area contributed by atoms with Crippen molar-refractivity contribution in [3.8, 4) is 39.1 Å². The fourth-order valence-corrected chi connectivity index (χ4v) is 13.5. The number of hydrogen-bond donors (Lipinski definition) is 1. The highest BCUT2D eigenvalue weighted by Crippen LogP contribution is 2.59. The van der Waals surface area contributed by atoms with Gasteiger partial charge in [0.25, 0.3) is 5.91 Å². The molecule has 402 valence electrons. The zero-order chi connectivity index (χ0) is 54.6. The molecule has 1 saturated heterocycles. The van der Waals surface area contributed by atoms with Crippen molar-refractivity contribution < 1.29 is 27.1 Å². The number of amides is 1. The largest absolute Gasteiger partial charge is 0.472 e. The van der Waals surface area contributed by atoms with E-state index in [9.17, 15) is 22.4 Å². The number of aryl methyl sites for hydroxylation is 1. The number of ether oxygens (including phenoxy) is 1. The second-order valence-electron chi connectivity index (χ2n) is 23.3. The second kappa shape index (κ2) is 21.0. The molecule has 1 unspecified atom stereocenters. The summed E-state index contributed by atoms with van der Waals surface area (Å²) < 4.78 is 65.7. The first-order valence-corrected chi connectivity index (χ1v) is 28.7. The lowest BCUT2D eigenvalue weighted by atomic mass is 9.76. The van der Waals surface area contributed by atoms with Crippen molar-refractivity contribution in [3.05, 3.63) is 214 Å². The second-order valence-corrected chi connectivity index (χ2v) is 23.3. The van der Waals surface area contributed by atoms with E-state index in [1.54, 1.807) is 18.2 Å². The standard InChI is InChI=1S/C71H68F4N2O2/c1-5-6-8-11-46-12-14-47(15-13-46)48-16-18-49(19-17-48)50-20-22-52(23-21-50)68(78)76-57-33-24-51(25-34-57)61-44-62-63(42-45(61)2)67-60(66-65(62)59-37-30-55(71(73,74)75)43-64(59)69(66,3)4)38-39-70(79-67,53-26-31-56(72)32-27-53)54-28-35-58(36-29-54)77-40-9-7-10-41-77/h16-39,42-44,46-47H,5-15,40-41H2,1-4H3,(H,76,78)/t46-,47-,70?. The number of carbonyl (C=O) groups excluding carboxylic acids is 1. The van der Waals surface area contributed by atoms with Gasteiger partial charge in [0, 0.05) is 57.5 Å². The maximum Gasteiger partial charge on any atom is 0.416 e. The van der Waals surface area contributed by atoms with E-state index in [1.165, 1.54) is 87.6 Å². The number of carbonyl (C=O) groups is 1. The molecule has 2 fully saturated rings. The molecular weight excluding hydrogens is 989 g/mol. The number of rotatable bonds is 12. The van der Waals surface area contributed by atoms with Crippen LogP contribution in [0.25, 0.3) is 50.2 Å². The molecule has 4 aliphatic rings. The molecule has 79 heavy (non-hydrogen) atoms. The molecule has 8 heteroatoms. The van der Waals surface area contributed by atoms with E-state index in [4.69, 9.17) is 4.74 Å². The Balaban J connectivity index is 0.853. The summed E-state index contributed by atoms with van der Waals surface area (Å²) in [5, 5.41) is 4.76. The van der Waals surface area contributed by atoms with Gasteiger partial charge in [0.15, 0.2) is 5.60 Å². The number of alkyl halides is 3. The smallest absolute Gasteiger partial charge is 0.416 e. The number of anilines is 2. The van der Waals surface area contributed by atoms with E-state index >= 15 is 0 Å². The summed E-state index contributed by atoms with van der Waals surface area (Å²) in [5.41, 5.74) is 11.6. The van der Waals surface area contributed by atoms with Crippen molar-refractivity contribution in [2.45, 2.75) is 121 Å². The van der Waals surface area contributed by atoms with Crippen molar-refractivity contribution in [2.24, 2.45) is 5.92 Å². The van der Waals surface area contributed by atoms with Gasteiger partial charge in [-0.3, -0.25) is 4.79 Å². The molecule has 1 atom stereocenters. The molecule has 0 bridgehead atoms. The Labute approximate surface area is 462 Å². The van der Waals surface area contributed by atoms with Crippen LogP contribution in [-0.4, -0.2) is 19.0 Å². The first-order valence-electron chi connectivity index (χ1n) is 28.7. The Morgan fingerprint density at radius 3 is 2.00 bits per heavy atom. The number of nitrogens with one attached hydrogen (secondary N) is 1. The fourth-order valence-electron chi connectivity index (χ4n) is 13.5. The molecule has 2 aliphatic carbocycles. The summed E-state index contributed by atoms with van der Waals surface area (Å²) in [6.07, 6.45) is 13.7. The Morgan fingerprint density at radius 2 is 1.34 bits per heavy atom. The Morgan fingerprint density at radius 1 is 0.696 bits per heavy atom. The van der Waals surface area contributed by atoms with Gasteiger partial charge in [0.2, 0.25) is 0 Å². The minimum absolute atomic E-state index is 0.208. The van der Waals surface area contributed by atoms with Gasteiger partial charge < -0.3 is 15.0 Å². The average Bonchev–Trinajstić information content (AvgIpc) is 4.01. The third-order valence-electron chi connectivity index (χ3n) is 18.0. The first kappa shape index (κ1) is 52.3. The van der Waals surface area contributed by atoms with E-state index in [-0.39, 0.29) is 11.7 Å². The van der Waals surface area contributed by atoms with Gasteiger partial charge in [-0.1, -0.05) is 131 Å². The lowest BCUT2D eigenvalue weighted by Gasteiger charge is -2.39. The maximum atomic E-state index is 14.7. The average molecular weight is 1060 g/mol. The van der Waals surface area contributed by atoms with Crippen LogP contribution >= 0.6 is 0 Å². The van der Waals surface area contributed by atoms with Crippen LogP contribution in [0, 0.1) is 18.7 Å². The molecule has 2 heterocycles. The highest BCUT2D eigenvalue weighted by atomic mass is 19.4. The topological polar surface area (TPSA) is 41.6 Å². The summed E-state index contributed by atoms with van der Waals surface area (Å²) in [4.78, 5) is 16.1.